The average Bonchev–Trinajstić information content (AvgIpc) is 3.59. The lowest BCUT2D eigenvalue weighted by Crippen LogP contribution is -2.11. The van der Waals surface area contributed by atoms with E-state index in [1.165, 1.54) is 15.4 Å². The average molecular weight is 539 g/mol. The van der Waals surface area contributed by atoms with E-state index in [1.54, 1.807) is 27.7 Å². The van der Waals surface area contributed by atoms with Gasteiger partial charge in [0.1, 0.15) is 11.6 Å². The van der Waals surface area contributed by atoms with Crippen molar-refractivity contribution in [3.05, 3.63) is 29.1 Å². The second-order valence-electron chi connectivity index (χ2n) is 7.49. The van der Waals surface area contributed by atoms with Gasteiger partial charge >= 0.3 is 0 Å². The number of hydrogen-bond donors (Lipinski definition) is 3. The number of aryl methyl sites for hydroxylation is 4. The minimum absolute atomic E-state index is 0.0381. The molecule has 17 nitrogen and oxygen atoms in total. The van der Waals surface area contributed by atoms with Gasteiger partial charge in [0.2, 0.25) is 16.1 Å². The van der Waals surface area contributed by atoms with Crippen molar-refractivity contribution in [1.82, 2.24) is 48.2 Å². The standard InChI is InChI=1S/C18H18N16OS2/c1-6-12(25-27-17-21-8(3)31-36-17)14(19)33(29-6)10-5-11(35)24-16(23-10)34-15(20)13(7(2)30-34)26-28-18-22-9(4)32-37-18/h5H,19-20H2,1-4H3,(H,23,24,35). The smallest absolute Gasteiger partial charge is 0.257 e. The summed E-state index contributed by atoms with van der Waals surface area (Å²) in [6.45, 7) is 6.91. The molecule has 0 aromatic carbocycles. The first kappa shape index (κ1) is 23.9. The van der Waals surface area contributed by atoms with Crippen molar-refractivity contribution in [2.24, 2.45) is 20.5 Å². The van der Waals surface area contributed by atoms with Crippen molar-refractivity contribution in [2.75, 3.05) is 11.5 Å². The number of nitrogens with two attached hydrogens (primary N) is 2. The number of nitrogens with zero attached hydrogens (tertiary/aromatic N) is 14. The Morgan fingerprint density at radius 2 is 1.24 bits per heavy atom. The molecular weight excluding hydrogens is 520 g/mol. The molecular formula is C18H18N16OS2. The number of aromatic hydroxyl groups is 1. The molecule has 0 bridgehead atoms. The monoisotopic (exact) mass is 538 g/mol. The van der Waals surface area contributed by atoms with Crippen LogP contribution in [0.4, 0.5) is 33.3 Å². The van der Waals surface area contributed by atoms with Crippen LogP contribution in [-0.4, -0.2) is 53.4 Å². The molecule has 37 heavy (non-hydrogen) atoms. The zero-order chi connectivity index (χ0) is 26.3. The maximum atomic E-state index is 10.3. The topological polar surface area (TPSA) is 235 Å². The van der Waals surface area contributed by atoms with E-state index in [9.17, 15) is 5.11 Å². The van der Waals surface area contributed by atoms with Crippen LogP contribution < -0.4 is 11.5 Å². The number of aromatic nitrogens is 10. The Morgan fingerprint density at radius 3 is 1.76 bits per heavy atom. The van der Waals surface area contributed by atoms with Gasteiger partial charge in [0.25, 0.3) is 5.95 Å². The maximum absolute atomic E-state index is 10.3. The molecule has 5 aromatic heterocycles. The van der Waals surface area contributed by atoms with Gasteiger partial charge in [0, 0.05) is 29.1 Å². The molecule has 0 unspecified atom stereocenters. The molecule has 5 rings (SSSR count). The molecule has 0 radical (unpaired) electrons. The van der Waals surface area contributed by atoms with Gasteiger partial charge in [-0.15, -0.1) is 20.5 Å². The largest absolute Gasteiger partial charge is 0.493 e. The quantitative estimate of drug-likeness (QED) is 0.264. The molecule has 5 heterocycles. The van der Waals surface area contributed by atoms with Gasteiger partial charge in [-0.05, 0) is 27.7 Å². The second kappa shape index (κ2) is 9.35. The summed E-state index contributed by atoms with van der Waals surface area (Å²) < 4.78 is 10.6. The minimum atomic E-state index is -0.361. The van der Waals surface area contributed by atoms with Gasteiger partial charge in [-0.1, -0.05) is 0 Å². The van der Waals surface area contributed by atoms with Crippen LogP contribution in [0, 0.1) is 27.7 Å². The fourth-order valence-electron chi connectivity index (χ4n) is 3.10. The first-order valence-electron chi connectivity index (χ1n) is 10.4. The first-order valence-corrected chi connectivity index (χ1v) is 12.0. The zero-order valence-corrected chi connectivity index (χ0v) is 21.4. The molecule has 5 N–H and O–H groups in total. The van der Waals surface area contributed by atoms with Gasteiger partial charge in [-0.3, -0.25) is 0 Å². The highest BCUT2D eigenvalue weighted by Crippen LogP contribution is 2.33. The summed E-state index contributed by atoms with van der Waals surface area (Å²) in [7, 11) is 0. The van der Waals surface area contributed by atoms with Gasteiger partial charge in [0.05, 0.1) is 11.4 Å². The normalized spacial score (nSPS) is 11.9. The third kappa shape index (κ3) is 4.71. The molecule has 19 heteroatoms. The summed E-state index contributed by atoms with van der Waals surface area (Å²) in [5, 5.41) is 36.3. The fourth-order valence-corrected chi connectivity index (χ4v) is 4.11. The van der Waals surface area contributed by atoms with E-state index in [2.05, 4.69) is 59.3 Å². The van der Waals surface area contributed by atoms with Crippen molar-refractivity contribution in [3.8, 4) is 17.6 Å². The highest BCUT2D eigenvalue weighted by molar-refractivity contribution is 7.09. The molecule has 5 aromatic rings. The Balaban J connectivity index is 1.50. The highest BCUT2D eigenvalue weighted by atomic mass is 32.1. The summed E-state index contributed by atoms with van der Waals surface area (Å²) in [6.07, 6.45) is 0. The number of rotatable bonds is 6. The molecule has 0 amide bonds. The van der Waals surface area contributed by atoms with Gasteiger partial charge < -0.3 is 16.6 Å². The third-order valence-electron chi connectivity index (χ3n) is 4.73. The maximum Gasteiger partial charge on any atom is 0.257 e. The summed E-state index contributed by atoms with van der Waals surface area (Å²) in [5.41, 5.74) is 14.1. The van der Waals surface area contributed by atoms with E-state index in [1.807, 2.05) is 0 Å². The summed E-state index contributed by atoms with van der Waals surface area (Å²) >= 11 is 2.21. The number of anilines is 2. The molecule has 0 aliphatic carbocycles. The van der Waals surface area contributed by atoms with Gasteiger partial charge in [0.15, 0.2) is 28.8 Å². The predicted octanol–water partition coefficient (Wildman–Crippen LogP) is 3.49. The Hall–Kier alpha value is -4.78. The van der Waals surface area contributed by atoms with Crippen LogP contribution in [-0.2, 0) is 0 Å². The molecule has 188 valence electrons. The number of hydrogen-bond acceptors (Lipinski definition) is 17. The van der Waals surface area contributed by atoms with Crippen LogP contribution in [0.1, 0.15) is 23.0 Å². The Labute approximate surface area is 216 Å². The van der Waals surface area contributed by atoms with Crippen LogP contribution >= 0.6 is 23.1 Å². The molecule has 0 saturated heterocycles. The van der Waals surface area contributed by atoms with E-state index < -0.39 is 0 Å². The van der Waals surface area contributed by atoms with Gasteiger partial charge in [-0.25, -0.2) is 9.97 Å². The predicted molar refractivity (Wildman–Crippen MR) is 134 cm³/mol. The summed E-state index contributed by atoms with van der Waals surface area (Å²) in [6, 6.07) is 1.28. The van der Waals surface area contributed by atoms with Crippen LogP contribution in [0.2, 0.25) is 0 Å². The van der Waals surface area contributed by atoms with Gasteiger partial charge in [-0.2, -0.15) is 38.3 Å². The van der Waals surface area contributed by atoms with Crippen LogP contribution in [0.5, 0.6) is 5.88 Å². The lowest BCUT2D eigenvalue weighted by Gasteiger charge is -2.07. The van der Waals surface area contributed by atoms with Crippen molar-refractivity contribution < 1.29 is 5.11 Å². The van der Waals surface area contributed by atoms with E-state index >= 15 is 0 Å². The SMILES string of the molecule is Cc1nsc(N=Nc2c(C)nn(-c3cc(O)nc(-n4nc(C)c(N=Nc5nc(C)ns5)c4N)n3)c2N)n1. The van der Waals surface area contributed by atoms with E-state index in [4.69, 9.17) is 11.5 Å². The summed E-state index contributed by atoms with van der Waals surface area (Å²) in [5.74, 6) is 1.17. The summed E-state index contributed by atoms with van der Waals surface area (Å²) in [4.78, 5) is 16.7. The van der Waals surface area contributed by atoms with Crippen molar-refractivity contribution in [3.63, 3.8) is 0 Å². The fraction of sp³-hybridized carbons (Fsp3) is 0.222. The van der Waals surface area contributed by atoms with Crippen LogP contribution in [0.3, 0.4) is 0 Å². The number of nitrogen functional groups attached to an aromatic ring is 2. The van der Waals surface area contributed by atoms with Crippen molar-refractivity contribution in [1.29, 1.82) is 0 Å². The third-order valence-corrected chi connectivity index (χ3v) is 6.11. The Kier molecular flexibility index (Phi) is 6.05. The van der Waals surface area contributed by atoms with Crippen LogP contribution in [0.25, 0.3) is 11.8 Å². The van der Waals surface area contributed by atoms with Crippen molar-refractivity contribution >= 4 is 56.3 Å². The highest BCUT2D eigenvalue weighted by Gasteiger charge is 2.20. The van der Waals surface area contributed by atoms with E-state index in [0.717, 1.165) is 23.1 Å². The lowest BCUT2D eigenvalue weighted by atomic mass is 10.4. The Bertz CT molecular complexity index is 1560. The molecule has 0 atom stereocenters. The van der Waals surface area contributed by atoms with E-state index in [0.29, 0.717) is 44.7 Å². The second-order valence-corrected chi connectivity index (χ2v) is 8.96. The molecule has 0 fully saturated rings. The number of azo groups is 2. The molecule has 0 aliphatic heterocycles. The Morgan fingerprint density at radius 1 is 0.730 bits per heavy atom. The van der Waals surface area contributed by atoms with Crippen LogP contribution in [0.15, 0.2) is 26.5 Å². The van der Waals surface area contributed by atoms with E-state index in [-0.39, 0.29) is 29.3 Å². The lowest BCUT2D eigenvalue weighted by molar-refractivity contribution is 0.449. The van der Waals surface area contributed by atoms with Crippen molar-refractivity contribution in [2.45, 2.75) is 27.7 Å². The molecule has 0 spiro atoms. The molecule has 0 aliphatic rings. The zero-order valence-electron chi connectivity index (χ0n) is 19.8. The molecule has 0 saturated carbocycles. The minimum Gasteiger partial charge on any atom is -0.493 e. The first-order chi connectivity index (χ1) is 17.7.